The number of amides is 1. The van der Waals surface area contributed by atoms with Crippen molar-refractivity contribution in [3.8, 4) is 0 Å². The van der Waals surface area contributed by atoms with Crippen LogP contribution in [0.15, 0.2) is 59.5 Å². The third kappa shape index (κ3) is 6.11. The molecule has 0 spiro atoms. The van der Waals surface area contributed by atoms with Crippen LogP contribution in [-0.4, -0.2) is 24.2 Å². The summed E-state index contributed by atoms with van der Waals surface area (Å²) in [6.07, 6.45) is 0.0879. The zero-order chi connectivity index (χ0) is 18.2. The number of benzene rings is 2. The Morgan fingerprint density at radius 2 is 1.76 bits per heavy atom. The topological polar surface area (TPSA) is 55.4 Å². The van der Waals surface area contributed by atoms with Gasteiger partial charge in [0.05, 0.1) is 24.8 Å². The summed E-state index contributed by atoms with van der Waals surface area (Å²) >= 11 is 7.31. The average molecular weight is 378 g/mol. The summed E-state index contributed by atoms with van der Waals surface area (Å²) in [6.45, 7) is 1.83. The smallest absolute Gasteiger partial charge is 0.307 e. The third-order valence-electron chi connectivity index (χ3n) is 3.61. The summed E-state index contributed by atoms with van der Waals surface area (Å²) in [5, 5.41) is 3.28. The molecule has 2 atom stereocenters. The zero-order valence-electron chi connectivity index (χ0n) is 14.1. The van der Waals surface area contributed by atoms with Crippen LogP contribution in [0.3, 0.4) is 0 Å². The molecule has 2 aromatic carbocycles. The van der Waals surface area contributed by atoms with Gasteiger partial charge in [0.1, 0.15) is 0 Å². The van der Waals surface area contributed by atoms with Gasteiger partial charge in [0.2, 0.25) is 5.91 Å². The van der Waals surface area contributed by atoms with Gasteiger partial charge in [-0.25, -0.2) is 0 Å². The lowest BCUT2D eigenvalue weighted by molar-refractivity contribution is -0.141. The van der Waals surface area contributed by atoms with Crippen LogP contribution in [0.25, 0.3) is 0 Å². The molecule has 0 aliphatic rings. The predicted molar refractivity (Wildman–Crippen MR) is 101 cm³/mol. The van der Waals surface area contributed by atoms with Crippen molar-refractivity contribution in [2.75, 3.05) is 7.11 Å². The van der Waals surface area contributed by atoms with Gasteiger partial charge in [0, 0.05) is 9.92 Å². The molecule has 4 nitrogen and oxygen atoms in total. The average Bonchev–Trinajstić information content (AvgIpc) is 2.63. The lowest BCUT2D eigenvalue weighted by Crippen LogP contribution is -2.35. The molecule has 6 heteroatoms. The lowest BCUT2D eigenvalue weighted by Gasteiger charge is -2.20. The highest BCUT2D eigenvalue weighted by molar-refractivity contribution is 8.00. The monoisotopic (exact) mass is 377 g/mol. The second kappa shape index (κ2) is 9.49. The number of halogens is 1. The Bertz CT molecular complexity index is 706. The van der Waals surface area contributed by atoms with E-state index in [2.05, 4.69) is 5.32 Å². The van der Waals surface area contributed by atoms with E-state index >= 15 is 0 Å². The van der Waals surface area contributed by atoms with E-state index in [1.165, 1.54) is 18.9 Å². The largest absolute Gasteiger partial charge is 0.469 e. The van der Waals surface area contributed by atoms with Gasteiger partial charge in [-0.2, -0.15) is 0 Å². The minimum Gasteiger partial charge on any atom is -0.469 e. The molecule has 2 rings (SSSR count). The van der Waals surface area contributed by atoms with Crippen LogP contribution < -0.4 is 5.32 Å². The highest BCUT2D eigenvalue weighted by Crippen LogP contribution is 2.26. The normalized spacial score (nSPS) is 12.9. The van der Waals surface area contributed by atoms with Gasteiger partial charge in [-0.3, -0.25) is 9.59 Å². The van der Waals surface area contributed by atoms with Gasteiger partial charge < -0.3 is 10.1 Å². The van der Waals surface area contributed by atoms with Crippen LogP contribution in [0.2, 0.25) is 5.02 Å². The number of hydrogen-bond donors (Lipinski definition) is 1. The molecule has 0 aromatic heterocycles. The van der Waals surface area contributed by atoms with E-state index in [0.29, 0.717) is 5.02 Å². The Balaban J connectivity index is 2.04. The molecule has 0 aliphatic carbocycles. The maximum Gasteiger partial charge on any atom is 0.307 e. The summed E-state index contributed by atoms with van der Waals surface area (Å²) < 4.78 is 4.74. The van der Waals surface area contributed by atoms with Crippen molar-refractivity contribution in [3.05, 3.63) is 65.2 Å². The molecule has 0 bridgehead atoms. The van der Waals surface area contributed by atoms with Gasteiger partial charge in [-0.1, -0.05) is 41.9 Å². The molecule has 1 N–H and O–H groups in total. The molecular weight excluding hydrogens is 358 g/mol. The van der Waals surface area contributed by atoms with Crippen molar-refractivity contribution >= 4 is 35.2 Å². The molecule has 2 aromatic rings. The number of hydrogen-bond acceptors (Lipinski definition) is 4. The zero-order valence-corrected chi connectivity index (χ0v) is 15.6. The number of methoxy groups -OCH3 is 1. The molecule has 0 saturated heterocycles. The van der Waals surface area contributed by atoms with Crippen LogP contribution in [0.4, 0.5) is 0 Å². The fraction of sp³-hybridized carbons (Fsp3) is 0.263. The van der Waals surface area contributed by atoms with E-state index in [4.69, 9.17) is 16.3 Å². The number of carbonyl (C=O) groups is 2. The Labute approximate surface area is 156 Å². The Morgan fingerprint density at radius 3 is 2.36 bits per heavy atom. The number of thioether (sulfide) groups is 1. The number of esters is 1. The Hall–Kier alpha value is -1.98. The summed E-state index contributed by atoms with van der Waals surface area (Å²) in [6, 6.07) is 16.3. The molecule has 0 unspecified atom stereocenters. The highest BCUT2D eigenvalue weighted by atomic mass is 35.5. The fourth-order valence-electron chi connectivity index (χ4n) is 2.25. The molecule has 1 amide bonds. The van der Waals surface area contributed by atoms with E-state index < -0.39 is 6.04 Å². The van der Waals surface area contributed by atoms with E-state index in [1.54, 1.807) is 12.1 Å². The molecular formula is C19H20ClNO3S. The second-order valence-electron chi connectivity index (χ2n) is 5.47. The van der Waals surface area contributed by atoms with Gasteiger partial charge in [-0.15, -0.1) is 11.8 Å². The summed E-state index contributed by atoms with van der Waals surface area (Å²) in [5.74, 6) is -0.509. The van der Waals surface area contributed by atoms with Crippen LogP contribution >= 0.6 is 23.4 Å². The molecule has 0 heterocycles. The minimum absolute atomic E-state index is 0.0879. The summed E-state index contributed by atoms with van der Waals surface area (Å²) in [4.78, 5) is 25.2. The number of carbonyl (C=O) groups excluding carboxylic acids is 2. The predicted octanol–water partition coefficient (Wildman–Crippen LogP) is 4.24. The second-order valence-corrected chi connectivity index (χ2v) is 7.32. The first kappa shape index (κ1) is 19.3. The van der Waals surface area contributed by atoms with Crippen molar-refractivity contribution in [3.63, 3.8) is 0 Å². The van der Waals surface area contributed by atoms with E-state index in [-0.39, 0.29) is 23.5 Å². The Kier molecular flexibility index (Phi) is 7.34. The van der Waals surface area contributed by atoms with E-state index in [9.17, 15) is 9.59 Å². The third-order valence-corrected chi connectivity index (χ3v) is 4.98. The summed E-state index contributed by atoms with van der Waals surface area (Å²) in [7, 11) is 1.34. The summed E-state index contributed by atoms with van der Waals surface area (Å²) in [5.41, 5.74) is 0.866. The van der Waals surface area contributed by atoms with Crippen molar-refractivity contribution in [1.29, 1.82) is 0 Å². The van der Waals surface area contributed by atoms with Crippen LogP contribution in [0.1, 0.15) is 24.9 Å². The van der Waals surface area contributed by atoms with E-state index in [0.717, 1.165) is 10.5 Å². The molecule has 132 valence electrons. The SMILES string of the molecule is COC(=O)C[C@H](NC(=O)[C@@H](C)Sc1ccc(Cl)cc1)c1ccccc1. The van der Waals surface area contributed by atoms with Crippen LogP contribution in [-0.2, 0) is 14.3 Å². The van der Waals surface area contributed by atoms with Crippen LogP contribution in [0, 0.1) is 0 Å². The van der Waals surface area contributed by atoms with Crippen molar-refractivity contribution in [2.24, 2.45) is 0 Å². The maximum absolute atomic E-state index is 12.6. The van der Waals surface area contributed by atoms with Gasteiger partial charge >= 0.3 is 5.97 Å². The van der Waals surface area contributed by atoms with Crippen molar-refractivity contribution in [2.45, 2.75) is 29.5 Å². The quantitative estimate of drug-likeness (QED) is 0.579. The molecule has 0 fully saturated rings. The van der Waals surface area contributed by atoms with Gasteiger partial charge in [-0.05, 0) is 36.8 Å². The lowest BCUT2D eigenvalue weighted by atomic mass is 10.0. The number of rotatable bonds is 7. The van der Waals surface area contributed by atoms with Gasteiger partial charge in [0.15, 0.2) is 0 Å². The van der Waals surface area contributed by atoms with Crippen LogP contribution in [0.5, 0.6) is 0 Å². The van der Waals surface area contributed by atoms with Crippen molar-refractivity contribution < 1.29 is 14.3 Å². The first-order chi connectivity index (χ1) is 12.0. The molecule has 0 aliphatic heterocycles. The van der Waals surface area contributed by atoms with E-state index in [1.807, 2.05) is 49.4 Å². The maximum atomic E-state index is 12.6. The Morgan fingerprint density at radius 1 is 1.12 bits per heavy atom. The molecule has 0 radical (unpaired) electrons. The van der Waals surface area contributed by atoms with Crippen molar-refractivity contribution in [1.82, 2.24) is 5.32 Å². The number of nitrogens with one attached hydrogen (secondary N) is 1. The minimum atomic E-state index is -0.422. The fourth-order valence-corrected chi connectivity index (χ4v) is 3.25. The first-order valence-corrected chi connectivity index (χ1v) is 9.09. The number of ether oxygens (including phenoxy) is 1. The molecule has 0 saturated carbocycles. The standard InChI is InChI=1S/C19H20ClNO3S/c1-13(25-16-10-8-15(20)9-11-16)19(23)21-17(12-18(22)24-2)14-6-4-3-5-7-14/h3-11,13,17H,12H2,1-2H3,(H,21,23)/t13-,17+/m1/s1. The highest BCUT2D eigenvalue weighted by Gasteiger charge is 2.22. The first-order valence-electron chi connectivity index (χ1n) is 7.84. The van der Waals surface area contributed by atoms with Gasteiger partial charge in [0.25, 0.3) is 0 Å². The molecule has 25 heavy (non-hydrogen) atoms.